The van der Waals surface area contributed by atoms with Crippen LogP contribution >= 0.6 is 67.8 Å². The van der Waals surface area contributed by atoms with Crippen LogP contribution in [0.5, 0.6) is 0 Å². The number of hydrogen-bond acceptors (Lipinski definition) is 7. The van der Waals surface area contributed by atoms with E-state index < -0.39 is 10.4 Å². The first kappa shape index (κ1) is 16.6. The third kappa shape index (κ3) is 3.73. The van der Waals surface area contributed by atoms with E-state index in [9.17, 15) is 0 Å². The molecule has 2 heterocycles. The summed E-state index contributed by atoms with van der Waals surface area (Å²) in [5, 5.41) is 0. The molecule has 2 unspecified atom stereocenters. The fourth-order valence-electron chi connectivity index (χ4n) is 1.49. The minimum atomic E-state index is -2.66. The second-order valence-corrected chi connectivity index (χ2v) is 66.8. The summed E-state index contributed by atoms with van der Waals surface area (Å²) >= 11 is 4.37. The van der Waals surface area contributed by atoms with Crippen LogP contribution in [-0.2, 0) is 0 Å². The van der Waals surface area contributed by atoms with Crippen LogP contribution in [-0.4, -0.2) is 49.8 Å². The van der Waals surface area contributed by atoms with Crippen molar-refractivity contribution in [3.63, 3.8) is 0 Å². The van der Waals surface area contributed by atoms with Crippen LogP contribution < -0.4 is 0 Å². The Morgan fingerprint density at radius 1 is 0.824 bits per heavy atom. The molecular weight excluding hydrogens is 454 g/mol. The van der Waals surface area contributed by atoms with Gasteiger partial charge in [-0.15, -0.1) is 0 Å². The van der Waals surface area contributed by atoms with Gasteiger partial charge in [0.15, 0.2) is 0 Å². The molecule has 0 aliphatic carbocycles. The van der Waals surface area contributed by atoms with Gasteiger partial charge < -0.3 is 0 Å². The third-order valence-electron chi connectivity index (χ3n) is 2.79. The fraction of sp³-hybridized carbons (Fsp3) is 1.00. The van der Waals surface area contributed by atoms with E-state index in [0.29, 0.717) is 0 Å². The molecule has 8 heteroatoms. The monoisotopic (exact) mass is 472 g/mol. The number of rotatable bonds is 7. The predicted molar refractivity (Wildman–Crippen MR) is 103 cm³/mol. The molecule has 102 valence electrons. The Balaban J connectivity index is 2.10. The van der Waals surface area contributed by atoms with Gasteiger partial charge in [-0.3, -0.25) is 0 Å². The van der Waals surface area contributed by atoms with Gasteiger partial charge in [0, 0.05) is 0 Å². The Morgan fingerprint density at radius 2 is 1.18 bits per heavy atom. The van der Waals surface area contributed by atoms with E-state index in [1.165, 1.54) is 24.3 Å². The van der Waals surface area contributed by atoms with Crippen LogP contribution in [0, 0.1) is 0 Å². The first-order valence-electron chi connectivity index (χ1n) is 5.47. The minimum absolute atomic E-state index is 0.904. The molecule has 0 saturated carbocycles. The van der Waals surface area contributed by atoms with Crippen molar-refractivity contribution in [2.24, 2.45) is 0 Å². The van der Waals surface area contributed by atoms with E-state index in [1.807, 2.05) is 0 Å². The number of thioether (sulfide) groups is 2. The Bertz CT molecular complexity index is 231. The van der Waals surface area contributed by atoms with Crippen molar-refractivity contribution in [1.29, 1.82) is 0 Å². The molecule has 2 saturated heterocycles. The summed E-state index contributed by atoms with van der Waals surface area (Å²) in [4.78, 5) is 0. The normalized spacial score (nSPS) is 31.1. The summed E-state index contributed by atoms with van der Waals surface area (Å²) in [6.45, 7) is 0. The quantitative estimate of drug-likeness (QED) is 0.451. The summed E-state index contributed by atoms with van der Waals surface area (Å²) in [7, 11) is 8.89. The van der Waals surface area contributed by atoms with Crippen molar-refractivity contribution >= 4 is 78.2 Å². The van der Waals surface area contributed by atoms with Crippen molar-refractivity contribution in [2.75, 3.05) is 30.3 Å². The summed E-state index contributed by atoms with van der Waals surface area (Å²) in [6.07, 6.45) is 10.0. The average Bonchev–Trinajstić information content (AvgIpc) is 2.27. The van der Waals surface area contributed by atoms with E-state index in [1.54, 1.807) is 0 Å². The van der Waals surface area contributed by atoms with Gasteiger partial charge in [-0.2, -0.15) is 0 Å². The summed E-state index contributed by atoms with van der Waals surface area (Å²) < 4.78 is 1.81. The first-order valence-corrected chi connectivity index (χ1v) is 28.4. The maximum absolute atomic E-state index is 2.66. The second-order valence-electron chi connectivity index (χ2n) is 3.68. The van der Waals surface area contributed by atoms with Crippen molar-refractivity contribution in [2.45, 2.75) is 22.0 Å². The SMILES string of the molecule is C[S][Sb]([S]C)([S]C)([S]C1CCS1)[S]C1CCS1. The van der Waals surface area contributed by atoms with Crippen molar-refractivity contribution in [3.8, 4) is 0 Å². The van der Waals surface area contributed by atoms with Gasteiger partial charge in [0.05, 0.1) is 0 Å². The predicted octanol–water partition coefficient (Wildman–Crippen LogP) is 5.35. The molecule has 0 radical (unpaired) electrons. The van der Waals surface area contributed by atoms with E-state index >= 15 is 0 Å². The van der Waals surface area contributed by atoms with Crippen molar-refractivity contribution in [3.05, 3.63) is 0 Å². The Kier molecular flexibility index (Phi) is 6.87. The van der Waals surface area contributed by atoms with E-state index in [0.717, 1.165) is 9.16 Å². The maximum atomic E-state index is 2.41. The second kappa shape index (κ2) is 7.02. The molecule has 2 atom stereocenters. The molecule has 0 spiro atoms. The van der Waals surface area contributed by atoms with Gasteiger partial charge in [-0.25, -0.2) is 0 Å². The van der Waals surface area contributed by atoms with Gasteiger partial charge in [0.2, 0.25) is 0 Å². The van der Waals surface area contributed by atoms with E-state index in [2.05, 4.69) is 86.5 Å². The Labute approximate surface area is 128 Å². The van der Waals surface area contributed by atoms with Gasteiger partial charge in [0.1, 0.15) is 0 Å². The standard InChI is InChI=1S/2C3H6S2.3CH4S.Sb/c2*4-3-1-2-5-3;3*1-2;/h2*3-4H,1-2H2;3*2H,1H3;/q;;;;;+5/p-5. The molecule has 0 aromatic rings. The van der Waals surface area contributed by atoms with E-state index in [-0.39, 0.29) is 0 Å². The van der Waals surface area contributed by atoms with Gasteiger partial charge in [-0.05, 0) is 0 Å². The van der Waals surface area contributed by atoms with Gasteiger partial charge in [-0.1, -0.05) is 0 Å². The van der Waals surface area contributed by atoms with Crippen LogP contribution in [0.4, 0.5) is 0 Å². The third-order valence-corrected chi connectivity index (χ3v) is 87.7. The Hall–Kier alpha value is 3.27. The molecule has 0 aromatic heterocycles. The summed E-state index contributed by atoms with van der Waals surface area (Å²) in [5.41, 5.74) is 0. The summed E-state index contributed by atoms with van der Waals surface area (Å²) in [5.74, 6) is 2.78. The zero-order valence-corrected chi connectivity index (χ0v) is 18.6. The molecule has 0 N–H and O–H groups in total. The molecule has 2 rings (SSSR count). The van der Waals surface area contributed by atoms with Crippen LogP contribution in [0.25, 0.3) is 0 Å². The molecule has 0 aromatic carbocycles. The van der Waals surface area contributed by atoms with E-state index in [4.69, 9.17) is 0 Å². The molecular formula is C9H19S7Sb. The van der Waals surface area contributed by atoms with Crippen molar-refractivity contribution < 1.29 is 0 Å². The molecule has 0 bridgehead atoms. The molecule has 0 nitrogen and oxygen atoms in total. The van der Waals surface area contributed by atoms with Crippen LogP contribution in [0.15, 0.2) is 0 Å². The zero-order chi connectivity index (χ0) is 12.4. The van der Waals surface area contributed by atoms with Gasteiger partial charge in [0.25, 0.3) is 0 Å². The Morgan fingerprint density at radius 3 is 1.35 bits per heavy atom. The van der Waals surface area contributed by atoms with Crippen LogP contribution in [0.1, 0.15) is 12.8 Å². The molecule has 2 aliphatic rings. The molecule has 0 amide bonds. The summed E-state index contributed by atoms with van der Waals surface area (Å²) in [6, 6.07) is 0. The first-order chi connectivity index (χ1) is 8.15. The molecule has 2 fully saturated rings. The zero-order valence-electron chi connectivity index (χ0n) is 10.3. The average molecular weight is 473 g/mol. The van der Waals surface area contributed by atoms with Crippen LogP contribution in [0.3, 0.4) is 0 Å². The fourth-order valence-corrected chi connectivity index (χ4v) is 79.0. The number of hydrogen-bond donors (Lipinski definition) is 0. The van der Waals surface area contributed by atoms with Gasteiger partial charge >= 0.3 is 130 Å². The topological polar surface area (TPSA) is 0 Å². The molecule has 2 aliphatic heterocycles. The van der Waals surface area contributed by atoms with Crippen molar-refractivity contribution in [1.82, 2.24) is 0 Å². The molecule has 17 heavy (non-hydrogen) atoms. The van der Waals surface area contributed by atoms with Crippen LogP contribution in [0.2, 0.25) is 0 Å².